The summed E-state index contributed by atoms with van der Waals surface area (Å²) in [7, 11) is -2.82. The van der Waals surface area contributed by atoms with Gasteiger partial charge in [-0.2, -0.15) is 0 Å². The average Bonchev–Trinajstić information content (AvgIpc) is 2.01. The van der Waals surface area contributed by atoms with Crippen LogP contribution in [0.4, 0.5) is 0 Å². The van der Waals surface area contributed by atoms with E-state index in [0.29, 0.717) is 19.6 Å². The molecule has 0 rings (SSSR count). The number of rotatable bonds is 8. The van der Waals surface area contributed by atoms with Crippen LogP contribution >= 0.6 is 0 Å². The van der Waals surface area contributed by atoms with Crippen molar-refractivity contribution in [3.8, 4) is 0 Å². The zero-order valence-electron chi connectivity index (χ0n) is 8.38. The number of hydrogen-bond donors (Lipinski definition) is 1. The molecule has 0 aromatic rings. The molecule has 1 N–H and O–H groups in total. The van der Waals surface area contributed by atoms with Gasteiger partial charge in [0.15, 0.2) is 0 Å². The summed E-state index contributed by atoms with van der Waals surface area (Å²) in [6.45, 7) is 4.97. The summed E-state index contributed by atoms with van der Waals surface area (Å²) < 4.78 is 26.6. The maximum Gasteiger partial charge on any atom is 0.147 e. The standard InChI is InChI=1S/C8H19NO3S/c1-3-9-5-7-12-6-4-8-13(2,10)11/h9H,3-8H2,1-2H3. The van der Waals surface area contributed by atoms with Crippen molar-refractivity contribution in [2.24, 2.45) is 0 Å². The van der Waals surface area contributed by atoms with Crippen LogP contribution in [-0.4, -0.2) is 46.7 Å². The van der Waals surface area contributed by atoms with E-state index in [1.54, 1.807) is 0 Å². The van der Waals surface area contributed by atoms with Gasteiger partial charge in [0.2, 0.25) is 0 Å². The molecule has 0 unspecified atom stereocenters. The smallest absolute Gasteiger partial charge is 0.147 e. The molecule has 5 heteroatoms. The van der Waals surface area contributed by atoms with Gasteiger partial charge in [-0.25, -0.2) is 8.42 Å². The Morgan fingerprint density at radius 2 is 2.00 bits per heavy atom. The average molecular weight is 209 g/mol. The van der Waals surface area contributed by atoms with Gasteiger partial charge >= 0.3 is 0 Å². The summed E-state index contributed by atoms with van der Waals surface area (Å²) in [4.78, 5) is 0. The van der Waals surface area contributed by atoms with Crippen LogP contribution in [0.2, 0.25) is 0 Å². The van der Waals surface area contributed by atoms with E-state index in [2.05, 4.69) is 5.32 Å². The second-order valence-electron chi connectivity index (χ2n) is 2.95. The van der Waals surface area contributed by atoms with Crippen molar-refractivity contribution in [3.63, 3.8) is 0 Å². The van der Waals surface area contributed by atoms with Crippen LogP contribution in [0.1, 0.15) is 13.3 Å². The van der Waals surface area contributed by atoms with E-state index in [9.17, 15) is 8.42 Å². The molecule has 0 aliphatic rings. The van der Waals surface area contributed by atoms with Crippen LogP contribution in [0.15, 0.2) is 0 Å². The molecule has 0 spiro atoms. The summed E-state index contributed by atoms with van der Waals surface area (Å²) in [6.07, 6.45) is 1.83. The summed E-state index contributed by atoms with van der Waals surface area (Å²) in [6, 6.07) is 0. The van der Waals surface area contributed by atoms with E-state index < -0.39 is 9.84 Å². The van der Waals surface area contributed by atoms with Crippen molar-refractivity contribution in [2.75, 3.05) is 38.3 Å². The maximum absolute atomic E-state index is 10.7. The number of hydrogen-bond acceptors (Lipinski definition) is 4. The van der Waals surface area contributed by atoms with E-state index in [4.69, 9.17) is 4.74 Å². The highest BCUT2D eigenvalue weighted by atomic mass is 32.2. The van der Waals surface area contributed by atoms with Gasteiger partial charge in [0, 0.05) is 19.4 Å². The lowest BCUT2D eigenvalue weighted by Crippen LogP contribution is -2.19. The molecular weight excluding hydrogens is 190 g/mol. The molecule has 0 aromatic carbocycles. The van der Waals surface area contributed by atoms with E-state index in [1.807, 2.05) is 6.92 Å². The Kier molecular flexibility index (Phi) is 7.22. The lowest BCUT2D eigenvalue weighted by atomic mass is 10.5. The van der Waals surface area contributed by atoms with Gasteiger partial charge < -0.3 is 10.1 Å². The molecule has 0 aliphatic carbocycles. The van der Waals surface area contributed by atoms with Gasteiger partial charge in [-0.15, -0.1) is 0 Å². The first-order valence-electron chi connectivity index (χ1n) is 4.52. The third-order valence-corrected chi connectivity index (χ3v) is 2.51. The van der Waals surface area contributed by atoms with Gasteiger partial charge in [0.25, 0.3) is 0 Å². The monoisotopic (exact) mass is 209 g/mol. The molecular formula is C8H19NO3S. The quantitative estimate of drug-likeness (QED) is 0.574. The van der Waals surface area contributed by atoms with Crippen molar-refractivity contribution in [2.45, 2.75) is 13.3 Å². The van der Waals surface area contributed by atoms with Gasteiger partial charge in [-0.1, -0.05) is 6.92 Å². The molecule has 0 heterocycles. The van der Waals surface area contributed by atoms with Crippen molar-refractivity contribution in [1.29, 1.82) is 0 Å². The van der Waals surface area contributed by atoms with Crippen molar-refractivity contribution < 1.29 is 13.2 Å². The maximum atomic E-state index is 10.7. The minimum Gasteiger partial charge on any atom is -0.380 e. The van der Waals surface area contributed by atoms with Gasteiger partial charge in [0.05, 0.1) is 12.4 Å². The lowest BCUT2D eigenvalue weighted by Gasteiger charge is -2.03. The van der Waals surface area contributed by atoms with Crippen LogP contribution in [0.25, 0.3) is 0 Å². The molecule has 0 atom stereocenters. The Morgan fingerprint density at radius 3 is 2.54 bits per heavy atom. The molecule has 0 saturated heterocycles. The molecule has 80 valence electrons. The second-order valence-corrected chi connectivity index (χ2v) is 5.21. The Balaban J connectivity index is 3.09. The second kappa shape index (κ2) is 7.29. The van der Waals surface area contributed by atoms with Gasteiger partial charge in [0.1, 0.15) is 9.84 Å². The predicted molar refractivity (Wildman–Crippen MR) is 53.7 cm³/mol. The van der Waals surface area contributed by atoms with Crippen molar-refractivity contribution in [3.05, 3.63) is 0 Å². The predicted octanol–water partition coefficient (Wildman–Crippen LogP) is 0.0472. The minimum absolute atomic E-state index is 0.216. The molecule has 0 aromatic heterocycles. The first kappa shape index (κ1) is 12.9. The molecule has 13 heavy (non-hydrogen) atoms. The molecule has 4 nitrogen and oxygen atoms in total. The fraction of sp³-hybridized carbons (Fsp3) is 1.00. The van der Waals surface area contributed by atoms with Crippen LogP contribution in [0.5, 0.6) is 0 Å². The van der Waals surface area contributed by atoms with Crippen molar-refractivity contribution >= 4 is 9.84 Å². The topological polar surface area (TPSA) is 55.4 Å². The minimum atomic E-state index is -2.82. The zero-order valence-corrected chi connectivity index (χ0v) is 9.19. The highest BCUT2D eigenvalue weighted by molar-refractivity contribution is 7.90. The zero-order chi connectivity index (χ0) is 10.2. The Labute approximate surface area is 80.6 Å². The highest BCUT2D eigenvalue weighted by Gasteiger charge is 2.00. The number of nitrogens with one attached hydrogen (secondary N) is 1. The number of likely N-dealkylation sites (N-methyl/N-ethyl adjacent to an activating group) is 1. The van der Waals surface area contributed by atoms with Crippen LogP contribution in [-0.2, 0) is 14.6 Å². The molecule has 0 aliphatic heterocycles. The number of ether oxygens (including phenoxy) is 1. The summed E-state index contributed by atoms with van der Waals surface area (Å²) in [5.41, 5.74) is 0. The van der Waals surface area contributed by atoms with E-state index >= 15 is 0 Å². The van der Waals surface area contributed by atoms with Gasteiger partial charge in [-0.3, -0.25) is 0 Å². The van der Waals surface area contributed by atoms with E-state index in [0.717, 1.165) is 13.1 Å². The fourth-order valence-electron chi connectivity index (χ4n) is 0.846. The number of sulfone groups is 1. The van der Waals surface area contributed by atoms with Crippen LogP contribution < -0.4 is 5.32 Å². The lowest BCUT2D eigenvalue weighted by molar-refractivity contribution is 0.137. The van der Waals surface area contributed by atoms with Crippen LogP contribution in [0, 0.1) is 0 Å². The Hall–Kier alpha value is -0.130. The van der Waals surface area contributed by atoms with Crippen molar-refractivity contribution in [1.82, 2.24) is 5.32 Å². The van der Waals surface area contributed by atoms with Crippen LogP contribution in [0.3, 0.4) is 0 Å². The first-order valence-corrected chi connectivity index (χ1v) is 6.58. The largest absolute Gasteiger partial charge is 0.380 e. The highest BCUT2D eigenvalue weighted by Crippen LogP contribution is 1.89. The van der Waals surface area contributed by atoms with E-state index in [-0.39, 0.29) is 5.75 Å². The molecule has 0 amide bonds. The molecule has 0 bridgehead atoms. The normalized spacial score (nSPS) is 11.8. The molecule has 0 radical (unpaired) electrons. The van der Waals surface area contributed by atoms with E-state index in [1.165, 1.54) is 6.26 Å². The Bertz CT molecular complexity index is 201. The fourth-order valence-corrected chi connectivity index (χ4v) is 1.49. The van der Waals surface area contributed by atoms with Gasteiger partial charge in [-0.05, 0) is 13.0 Å². The summed E-state index contributed by atoms with van der Waals surface area (Å²) in [5.74, 6) is 0.216. The molecule has 0 fully saturated rings. The first-order chi connectivity index (χ1) is 6.06. The molecule has 0 saturated carbocycles. The SMILES string of the molecule is CCNCCOCCCS(C)(=O)=O. The third-order valence-electron chi connectivity index (χ3n) is 1.48. The summed E-state index contributed by atoms with van der Waals surface area (Å²) >= 11 is 0. The summed E-state index contributed by atoms with van der Waals surface area (Å²) in [5, 5.41) is 3.11. The Morgan fingerprint density at radius 1 is 1.31 bits per heavy atom. The third kappa shape index (κ3) is 11.9.